The first-order valence-electron chi connectivity index (χ1n) is 10.2. The Balaban J connectivity index is 1.90. The third-order valence-corrected chi connectivity index (χ3v) is 4.93. The van der Waals surface area contributed by atoms with Crippen LogP contribution in [0.5, 0.6) is 0 Å². The number of pyridine rings is 1. The second-order valence-electron chi connectivity index (χ2n) is 9.26. The number of hydrogen-bond acceptors (Lipinski definition) is 5. The van der Waals surface area contributed by atoms with Gasteiger partial charge in [-0.3, -0.25) is 4.90 Å². The summed E-state index contributed by atoms with van der Waals surface area (Å²) in [7, 11) is 0. The van der Waals surface area contributed by atoms with Crippen LogP contribution in [-0.4, -0.2) is 34.2 Å². The fraction of sp³-hybridized carbons (Fsp3) is 0.682. The van der Waals surface area contributed by atoms with Crippen molar-refractivity contribution in [2.75, 3.05) is 11.4 Å². The zero-order valence-corrected chi connectivity index (χ0v) is 19.1. The second-order valence-corrected chi connectivity index (χ2v) is 10.9. The highest BCUT2D eigenvalue weighted by molar-refractivity contribution is 7.99. The maximum absolute atomic E-state index is 12.6. The van der Waals surface area contributed by atoms with E-state index in [1.54, 1.807) is 16.8 Å². The van der Waals surface area contributed by atoms with Crippen molar-refractivity contribution in [3.8, 4) is 0 Å². The fourth-order valence-corrected chi connectivity index (χ4v) is 3.40. The molecule has 0 N–H and O–H groups in total. The van der Waals surface area contributed by atoms with E-state index in [-0.39, 0.29) is 10.8 Å². The lowest BCUT2D eigenvalue weighted by molar-refractivity contribution is 0.0576. The summed E-state index contributed by atoms with van der Waals surface area (Å²) in [5, 5.41) is 0. The number of aromatic nitrogens is 1. The first kappa shape index (κ1) is 22.7. The van der Waals surface area contributed by atoms with Crippen LogP contribution in [0.2, 0.25) is 0 Å². The predicted molar refractivity (Wildman–Crippen MR) is 120 cm³/mol. The Morgan fingerprint density at radius 1 is 1.25 bits per heavy atom. The van der Waals surface area contributed by atoms with E-state index in [1.165, 1.54) is 0 Å². The molecule has 2 rings (SSSR count). The molecule has 6 heteroatoms. The fourth-order valence-electron chi connectivity index (χ4n) is 2.90. The SMILES string of the molecule is CC(C)(C)OC(=O)N1CCCc2ccc(CCCC/C=N/SC(C)(C)C)nc21. The lowest BCUT2D eigenvalue weighted by Crippen LogP contribution is -2.40. The van der Waals surface area contributed by atoms with Crippen LogP contribution in [0, 0.1) is 0 Å². The third kappa shape index (κ3) is 7.82. The van der Waals surface area contributed by atoms with Crippen LogP contribution in [0.4, 0.5) is 10.6 Å². The first-order valence-corrected chi connectivity index (χ1v) is 11.0. The minimum absolute atomic E-state index is 0.170. The normalized spacial score (nSPS) is 15.0. The van der Waals surface area contributed by atoms with Gasteiger partial charge in [-0.15, -0.1) is 0 Å². The molecule has 1 aromatic rings. The molecular formula is C22H35N3O2S. The molecule has 1 aliphatic heterocycles. The maximum Gasteiger partial charge on any atom is 0.416 e. The molecule has 0 atom stereocenters. The zero-order chi connectivity index (χ0) is 20.8. The largest absolute Gasteiger partial charge is 0.443 e. The van der Waals surface area contributed by atoms with E-state index in [1.807, 2.05) is 27.0 Å². The lowest BCUT2D eigenvalue weighted by atomic mass is 10.0. The van der Waals surface area contributed by atoms with Crippen molar-refractivity contribution in [2.24, 2.45) is 4.40 Å². The van der Waals surface area contributed by atoms with Gasteiger partial charge in [0.2, 0.25) is 0 Å². The van der Waals surface area contributed by atoms with Crippen molar-refractivity contribution >= 4 is 30.1 Å². The number of carbonyl (C=O) groups excluding carboxylic acids is 1. The van der Waals surface area contributed by atoms with Gasteiger partial charge in [-0.25, -0.2) is 14.2 Å². The predicted octanol–water partition coefficient (Wildman–Crippen LogP) is 6.00. The number of anilines is 1. The van der Waals surface area contributed by atoms with Crippen molar-refractivity contribution in [1.29, 1.82) is 0 Å². The molecule has 2 heterocycles. The zero-order valence-electron chi connectivity index (χ0n) is 18.2. The summed E-state index contributed by atoms with van der Waals surface area (Å²) < 4.78 is 10.2. The molecule has 0 saturated carbocycles. The second kappa shape index (κ2) is 9.77. The summed E-state index contributed by atoms with van der Waals surface area (Å²) in [5.74, 6) is 0.779. The molecule has 0 bridgehead atoms. The molecule has 5 nitrogen and oxygen atoms in total. The molecule has 1 aromatic heterocycles. The molecule has 0 unspecified atom stereocenters. The van der Waals surface area contributed by atoms with Gasteiger partial charge in [0, 0.05) is 23.2 Å². The quantitative estimate of drug-likeness (QED) is 0.331. The Labute approximate surface area is 174 Å². The molecule has 0 saturated heterocycles. The topological polar surface area (TPSA) is 54.8 Å². The summed E-state index contributed by atoms with van der Waals surface area (Å²) >= 11 is 1.62. The Morgan fingerprint density at radius 2 is 2.00 bits per heavy atom. The third-order valence-electron chi connectivity index (χ3n) is 4.13. The van der Waals surface area contributed by atoms with E-state index in [0.717, 1.165) is 55.6 Å². The van der Waals surface area contributed by atoms with Gasteiger partial charge >= 0.3 is 6.09 Å². The number of rotatable bonds is 6. The monoisotopic (exact) mass is 405 g/mol. The number of nitrogens with zero attached hydrogens (tertiary/aromatic N) is 3. The molecule has 1 amide bonds. The van der Waals surface area contributed by atoms with Gasteiger partial charge in [0.25, 0.3) is 0 Å². The summed E-state index contributed by atoms with van der Waals surface area (Å²) in [4.78, 5) is 19.1. The number of amides is 1. The van der Waals surface area contributed by atoms with Crippen molar-refractivity contribution in [3.05, 3.63) is 23.4 Å². The Hall–Kier alpha value is -1.56. The molecule has 28 heavy (non-hydrogen) atoms. The number of carbonyl (C=O) groups is 1. The number of unbranched alkanes of at least 4 members (excludes halogenated alkanes) is 2. The van der Waals surface area contributed by atoms with Crippen LogP contribution >= 0.6 is 11.9 Å². The Morgan fingerprint density at radius 3 is 2.68 bits per heavy atom. The van der Waals surface area contributed by atoms with Gasteiger partial charge in [-0.1, -0.05) is 6.07 Å². The van der Waals surface area contributed by atoms with Gasteiger partial charge in [0.1, 0.15) is 11.4 Å². The van der Waals surface area contributed by atoms with E-state index in [4.69, 9.17) is 9.72 Å². The van der Waals surface area contributed by atoms with Crippen LogP contribution in [0.25, 0.3) is 0 Å². The average molecular weight is 406 g/mol. The van der Waals surface area contributed by atoms with Crippen molar-refractivity contribution < 1.29 is 9.53 Å². The van der Waals surface area contributed by atoms with Gasteiger partial charge in [-0.2, -0.15) is 0 Å². The van der Waals surface area contributed by atoms with Crippen molar-refractivity contribution in [3.63, 3.8) is 0 Å². The number of fused-ring (bicyclic) bond motifs is 1. The lowest BCUT2D eigenvalue weighted by Gasteiger charge is -2.31. The van der Waals surface area contributed by atoms with Crippen LogP contribution in [0.15, 0.2) is 16.5 Å². The minimum Gasteiger partial charge on any atom is -0.443 e. The molecule has 0 aliphatic carbocycles. The number of ether oxygens (including phenoxy) is 1. The van der Waals surface area contributed by atoms with Gasteiger partial charge in [-0.05, 0) is 104 Å². The smallest absolute Gasteiger partial charge is 0.416 e. The highest BCUT2D eigenvalue weighted by Gasteiger charge is 2.28. The minimum atomic E-state index is -0.501. The van der Waals surface area contributed by atoms with Gasteiger partial charge < -0.3 is 4.74 Å². The highest BCUT2D eigenvalue weighted by Crippen LogP contribution is 2.27. The van der Waals surface area contributed by atoms with Gasteiger partial charge in [0.15, 0.2) is 0 Å². The molecular weight excluding hydrogens is 370 g/mol. The highest BCUT2D eigenvalue weighted by atomic mass is 32.2. The summed E-state index contributed by atoms with van der Waals surface area (Å²) in [6, 6.07) is 4.22. The van der Waals surface area contributed by atoms with Crippen LogP contribution < -0.4 is 4.90 Å². The molecule has 156 valence electrons. The van der Waals surface area contributed by atoms with E-state index < -0.39 is 5.60 Å². The summed E-state index contributed by atoms with van der Waals surface area (Å²) in [6.45, 7) is 12.8. The van der Waals surface area contributed by atoms with Gasteiger partial charge in [0.05, 0.1) is 0 Å². The molecule has 0 fully saturated rings. The van der Waals surface area contributed by atoms with E-state index in [9.17, 15) is 4.79 Å². The standard InChI is InChI=1S/C22H35N3O2S/c1-21(2,3)27-20(26)25-16-10-11-17-13-14-18(24-19(17)25)12-8-7-9-15-23-28-22(4,5)6/h13-15H,7-12,16H2,1-6H3/b23-15+. The van der Waals surface area contributed by atoms with Crippen molar-refractivity contribution in [1.82, 2.24) is 4.98 Å². The molecule has 0 radical (unpaired) electrons. The summed E-state index contributed by atoms with van der Waals surface area (Å²) in [6.07, 6.45) is 7.66. The van der Waals surface area contributed by atoms with Crippen molar-refractivity contribution in [2.45, 2.75) is 90.4 Å². The Bertz CT molecular complexity index is 690. The Kier molecular flexibility index (Phi) is 7.93. The number of aryl methyl sites for hydroxylation is 2. The van der Waals surface area contributed by atoms with Crippen LogP contribution in [-0.2, 0) is 17.6 Å². The average Bonchev–Trinajstić information content (AvgIpc) is 2.57. The number of hydrogen-bond donors (Lipinski definition) is 0. The molecule has 0 aromatic carbocycles. The van der Waals surface area contributed by atoms with Crippen LogP contribution in [0.3, 0.4) is 0 Å². The maximum atomic E-state index is 12.6. The van der Waals surface area contributed by atoms with Crippen LogP contribution in [0.1, 0.15) is 78.5 Å². The molecule has 1 aliphatic rings. The first-order chi connectivity index (χ1) is 13.1. The van der Waals surface area contributed by atoms with E-state index in [0.29, 0.717) is 6.54 Å². The van der Waals surface area contributed by atoms with E-state index in [2.05, 4.69) is 37.3 Å². The summed E-state index contributed by atoms with van der Waals surface area (Å²) in [5.41, 5.74) is 1.67. The van der Waals surface area contributed by atoms with E-state index >= 15 is 0 Å². The molecule has 0 spiro atoms.